The van der Waals surface area contributed by atoms with Crippen LogP contribution in [0.3, 0.4) is 0 Å². The lowest BCUT2D eigenvalue weighted by Crippen LogP contribution is -2.50. The van der Waals surface area contributed by atoms with Crippen LogP contribution in [0.2, 0.25) is 18.1 Å². The van der Waals surface area contributed by atoms with E-state index < -0.39 is 14.1 Å². The van der Waals surface area contributed by atoms with Crippen LogP contribution >= 0.6 is 0 Å². The van der Waals surface area contributed by atoms with Crippen LogP contribution in [0.25, 0.3) is 0 Å². The van der Waals surface area contributed by atoms with Crippen LogP contribution in [0, 0.1) is 28.6 Å². The van der Waals surface area contributed by atoms with Gasteiger partial charge in [-0.05, 0) is 54.8 Å². The summed E-state index contributed by atoms with van der Waals surface area (Å²) in [4.78, 5) is 0. The summed E-state index contributed by atoms with van der Waals surface area (Å²) in [7, 11) is -2.04. The molecule has 0 bridgehead atoms. The number of hydrogen-bond acceptors (Lipinski definition) is 5. The molecule has 2 saturated carbocycles. The molecule has 1 unspecified atom stereocenters. The molecule has 164 valence electrons. The van der Waals surface area contributed by atoms with Crippen molar-refractivity contribution >= 4 is 8.32 Å². The molecule has 0 amide bonds. The average molecular weight is 422 g/mol. The monoisotopic (exact) mass is 421 g/mol. The van der Waals surface area contributed by atoms with Gasteiger partial charge in [-0.3, -0.25) is 0 Å². The summed E-state index contributed by atoms with van der Waals surface area (Å²) in [6.45, 7) is 16.5. The molecule has 3 aliphatic rings. The minimum absolute atomic E-state index is 0.0553. The Morgan fingerprint density at radius 2 is 1.93 bits per heavy atom. The summed E-state index contributed by atoms with van der Waals surface area (Å²) in [5.41, 5.74) is 0.685. The maximum Gasteiger partial charge on any atom is 0.192 e. The molecule has 0 radical (unpaired) electrons. The van der Waals surface area contributed by atoms with Crippen molar-refractivity contribution in [1.82, 2.24) is 0 Å². The predicted octanol–water partition coefficient (Wildman–Crippen LogP) is 4.78. The van der Waals surface area contributed by atoms with Crippen LogP contribution < -0.4 is 0 Å². The third kappa shape index (κ3) is 4.09. The van der Waals surface area contributed by atoms with Gasteiger partial charge >= 0.3 is 0 Å². The quantitative estimate of drug-likeness (QED) is 0.494. The van der Waals surface area contributed by atoms with E-state index in [4.69, 9.17) is 13.9 Å². The molecule has 29 heavy (non-hydrogen) atoms. The summed E-state index contributed by atoms with van der Waals surface area (Å²) in [6, 6.07) is 2.58. The van der Waals surface area contributed by atoms with Crippen molar-refractivity contribution in [2.45, 2.75) is 89.3 Å². The van der Waals surface area contributed by atoms with E-state index in [9.17, 15) is 10.4 Å². The first-order valence-corrected chi connectivity index (χ1v) is 14.0. The average Bonchev–Trinajstić information content (AvgIpc) is 3.25. The molecule has 3 rings (SSSR count). The normalized spacial score (nSPS) is 32.7. The number of ether oxygens (including phenoxy) is 2. The molecule has 2 aliphatic carbocycles. The maximum atomic E-state index is 9.94. The highest BCUT2D eigenvalue weighted by Crippen LogP contribution is 2.63. The number of nitrogens with zero attached hydrogens (tertiary/aromatic N) is 1. The van der Waals surface area contributed by atoms with Gasteiger partial charge in [-0.15, -0.1) is 0 Å². The second-order valence-corrected chi connectivity index (χ2v) is 15.6. The summed E-state index contributed by atoms with van der Waals surface area (Å²) in [6.07, 6.45) is 5.42. The standard InChI is InChI=1S/C23H39NO4Si/c1-17(16-25)19(28-29(5,6)21(2,3)4)14-22-9-7-8-18(15-24)20(22)23(11-10-22)26-12-13-27-23/h18-20,25H,1,7-14,16H2,2-6H3/t18-,19?,20+,22+/m1/s1. The second-order valence-electron chi connectivity index (χ2n) is 10.9. The van der Waals surface area contributed by atoms with Gasteiger partial charge in [0.05, 0.1) is 37.9 Å². The van der Waals surface area contributed by atoms with Crippen molar-refractivity contribution in [3.05, 3.63) is 12.2 Å². The molecule has 0 aromatic carbocycles. The highest BCUT2D eigenvalue weighted by molar-refractivity contribution is 6.74. The molecule has 3 fully saturated rings. The molecule has 1 saturated heterocycles. The lowest BCUT2D eigenvalue weighted by Gasteiger charge is -2.49. The Hall–Kier alpha value is -0.713. The molecule has 1 aliphatic heterocycles. The van der Waals surface area contributed by atoms with Crippen molar-refractivity contribution in [1.29, 1.82) is 5.26 Å². The first kappa shape index (κ1) is 23.0. The van der Waals surface area contributed by atoms with Gasteiger partial charge in [-0.25, -0.2) is 0 Å². The minimum Gasteiger partial charge on any atom is -0.410 e. The van der Waals surface area contributed by atoms with Gasteiger partial charge in [0.2, 0.25) is 0 Å². The van der Waals surface area contributed by atoms with Crippen LogP contribution in [0.4, 0.5) is 0 Å². The van der Waals surface area contributed by atoms with Gasteiger partial charge in [0, 0.05) is 12.3 Å². The van der Waals surface area contributed by atoms with Gasteiger partial charge in [-0.2, -0.15) is 5.26 Å². The predicted molar refractivity (Wildman–Crippen MR) is 116 cm³/mol. The van der Waals surface area contributed by atoms with E-state index in [0.29, 0.717) is 13.2 Å². The van der Waals surface area contributed by atoms with E-state index in [1.807, 2.05) is 0 Å². The van der Waals surface area contributed by atoms with Gasteiger partial charge in [-0.1, -0.05) is 33.8 Å². The van der Waals surface area contributed by atoms with Crippen molar-refractivity contribution < 1.29 is 19.0 Å². The minimum atomic E-state index is -2.04. The molecule has 6 heteroatoms. The van der Waals surface area contributed by atoms with E-state index in [0.717, 1.165) is 44.1 Å². The van der Waals surface area contributed by atoms with Gasteiger partial charge in [0.15, 0.2) is 14.1 Å². The van der Waals surface area contributed by atoms with Crippen LogP contribution in [-0.4, -0.2) is 45.1 Å². The van der Waals surface area contributed by atoms with Crippen molar-refractivity contribution in [2.24, 2.45) is 17.3 Å². The van der Waals surface area contributed by atoms with Crippen LogP contribution in [0.15, 0.2) is 12.2 Å². The van der Waals surface area contributed by atoms with Crippen molar-refractivity contribution in [3.63, 3.8) is 0 Å². The molecule has 1 heterocycles. The topological polar surface area (TPSA) is 71.7 Å². The van der Waals surface area contributed by atoms with Gasteiger partial charge in [0.1, 0.15) is 0 Å². The number of hydrogen-bond donors (Lipinski definition) is 1. The van der Waals surface area contributed by atoms with E-state index >= 15 is 0 Å². The van der Waals surface area contributed by atoms with Gasteiger partial charge in [0.25, 0.3) is 0 Å². The number of fused-ring (bicyclic) bond motifs is 2. The lowest BCUT2D eigenvalue weighted by molar-refractivity contribution is -0.210. The van der Waals surface area contributed by atoms with Gasteiger partial charge < -0.3 is 19.0 Å². The summed E-state index contributed by atoms with van der Waals surface area (Å²) >= 11 is 0. The first-order chi connectivity index (χ1) is 13.5. The Morgan fingerprint density at radius 3 is 2.48 bits per heavy atom. The first-order valence-electron chi connectivity index (χ1n) is 11.1. The van der Waals surface area contributed by atoms with Crippen LogP contribution in [0.1, 0.15) is 59.3 Å². The third-order valence-corrected chi connectivity index (χ3v) is 12.6. The number of rotatable bonds is 6. The highest BCUT2D eigenvalue weighted by Gasteiger charge is 2.64. The Morgan fingerprint density at radius 1 is 1.28 bits per heavy atom. The molecule has 4 atom stereocenters. The molecule has 0 aromatic heterocycles. The summed E-state index contributed by atoms with van der Waals surface area (Å²) in [5, 5.41) is 19.9. The SMILES string of the molecule is C=C(CO)C(C[C@@]12CCC[C@H](C#N)[C@@H]1C1(CC2)OCCO1)O[Si](C)(C)C(C)(C)C. The maximum absolute atomic E-state index is 9.94. The Bertz CT molecular complexity index is 659. The van der Waals surface area contributed by atoms with Crippen LogP contribution in [0.5, 0.6) is 0 Å². The van der Waals surface area contributed by atoms with E-state index in [-0.39, 0.29) is 35.0 Å². The molecular weight excluding hydrogens is 382 g/mol. The van der Waals surface area contributed by atoms with E-state index in [1.165, 1.54) is 0 Å². The molecular formula is C23H39NO4Si. The zero-order chi connectivity index (χ0) is 21.5. The zero-order valence-corrected chi connectivity index (χ0v) is 19.9. The third-order valence-electron chi connectivity index (χ3n) is 8.13. The molecule has 1 N–H and O–H groups in total. The lowest BCUT2D eigenvalue weighted by atomic mass is 9.60. The number of nitriles is 1. The second kappa shape index (κ2) is 8.09. The van der Waals surface area contributed by atoms with Crippen molar-refractivity contribution in [2.75, 3.05) is 19.8 Å². The van der Waals surface area contributed by atoms with E-state index in [1.54, 1.807) is 0 Å². The van der Waals surface area contributed by atoms with Crippen molar-refractivity contribution in [3.8, 4) is 6.07 Å². The van der Waals surface area contributed by atoms with E-state index in [2.05, 4.69) is 46.5 Å². The Labute approximate surface area is 177 Å². The fraction of sp³-hybridized carbons (Fsp3) is 0.870. The highest BCUT2D eigenvalue weighted by atomic mass is 28.4. The summed E-state index contributed by atoms with van der Waals surface area (Å²) < 4.78 is 19.1. The molecule has 0 aromatic rings. The van der Waals surface area contributed by atoms with Crippen LogP contribution in [-0.2, 0) is 13.9 Å². The smallest absolute Gasteiger partial charge is 0.192 e. The molecule has 5 nitrogen and oxygen atoms in total. The number of aliphatic hydroxyl groups is 1. The fourth-order valence-corrected chi connectivity index (χ4v) is 6.91. The Balaban J connectivity index is 1.93. The fourth-order valence-electron chi connectivity index (χ4n) is 5.59. The number of aliphatic hydroxyl groups excluding tert-OH is 1. The molecule has 1 spiro atoms. The summed E-state index contributed by atoms with van der Waals surface area (Å²) in [5.74, 6) is -0.600. The Kier molecular flexibility index (Phi) is 6.40. The largest absolute Gasteiger partial charge is 0.410 e. The zero-order valence-electron chi connectivity index (χ0n) is 18.9.